The van der Waals surface area contributed by atoms with Gasteiger partial charge in [0.1, 0.15) is 17.2 Å². The van der Waals surface area contributed by atoms with Crippen LogP contribution < -0.4 is 9.47 Å². The molecule has 5 nitrogen and oxygen atoms in total. The maximum atomic E-state index is 13.1. The second-order valence-electron chi connectivity index (χ2n) is 8.44. The van der Waals surface area contributed by atoms with E-state index >= 15 is 0 Å². The molecular formula is C27H22O5. The summed E-state index contributed by atoms with van der Waals surface area (Å²) >= 11 is 0. The zero-order valence-electron chi connectivity index (χ0n) is 17.8. The lowest BCUT2D eigenvalue weighted by Gasteiger charge is -2.26. The topological polar surface area (TPSA) is 72.8 Å². The summed E-state index contributed by atoms with van der Waals surface area (Å²) < 4.78 is 11.5. The number of ketones is 1. The maximum absolute atomic E-state index is 13.1. The number of rotatable bonds is 3. The minimum Gasteiger partial charge on any atom is -0.508 e. The molecule has 2 heterocycles. The lowest BCUT2D eigenvalue weighted by molar-refractivity contribution is -0.135. The van der Waals surface area contributed by atoms with Crippen LogP contribution in [0, 0.1) is 0 Å². The van der Waals surface area contributed by atoms with Crippen molar-refractivity contribution in [3.8, 4) is 17.2 Å². The van der Waals surface area contributed by atoms with Gasteiger partial charge in [-0.1, -0.05) is 50.2 Å². The van der Waals surface area contributed by atoms with Gasteiger partial charge in [-0.2, -0.15) is 0 Å². The van der Waals surface area contributed by atoms with Gasteiger partial charge in [-0.15, -0.1) is 0 Å². The molecule has 5 rings (SSSR count). The Morgan fingerprint density at radius 3 is 2.50 bits per heavy atom. The number of phenols is 1. The minimum atomic E-state index is -0.384. The lowest BCUT2D eigenvalue weighted by atomic mass is 9.84. The van der Waals surface area contributed by atoms with Crippen molar-refractivity contribution < 1.29 is 24.2 Å². The van der Waals surface area contributed by atoms with Gasteiger partial charge in [0.25, 0.3) is 0 Å². The maximum Gasteiger partial charge on any atom is 0.312 e. The molecule has 2 aliphatic rings. The van der Waals surface area contributed by atoms with Crippen molar-refractivity contribution in [2.75, 3.05) is 0 Å². The third-order valence-corrected chi connectivity index (χ3v) is 5.95. The van der Waals surface area contributed by atoms with Crippen LogP contribution >= 0.6 is 0 Å². The van der Waals surface area contributed by atoms with E-state index in [1.54, 1.807) is 36.4 Å². The van der Waals surface area contributed by atoms with E-state index in [0.29, 0.717) is 28.5 Å². The number of esters is 1. The fourth-order valence-corrected chi connectivity index (χ4v) is 4.26. The summed E-state index contributed by atoms with van der Waals surface area (Å²) in [6.07, 6.45) is 1.83. The van der Waals surface area contributed by atoms with Crippen LogP contribution in [0.2, 0.25) is 0 Å². The van der Waals surface area contributed by atoms with Crippen molar-refractivity contribution in [2.24, 2.45) is 0 Å². The predicted molar refractivity (Wildman–Crippen MR) is 120 cm³/mol. The van der Waals surface area contributed by atoms with E-state index in [-0.39, 0.29) is 35.6 Å². The second kappa shape index (κ2) is 7.68. The third-order valence-electron chi connectivity index (χ3n) is 5.95. The largest absolute Gasteiger partial charge is 0.508 e. The molecule has 0 saturated carbocycles. The van der Waals surface area contributed by atoms with Gasteiger partial charge in [-0.3, -0.25) is 9.59 Å². The normalized spacial score (nSPS) is 18.3. The fraction of sp³-hybridized carbons (Fsp3) is 0.185. The number of benzene rings is 3. The molecule has 0 amide bonds. The molecule has 32 heavy (non-hydrogen) atoms. The van der Waals surface area contributed by atoms with Crippen LogP contribution in [-0.2, 0) is 4.79 Å². The van der Waals surface area contributed by atoms with Crippen molar-refractivity contribution in [2.45, 2.75) is 32.1 Å². The second-order valence-corrected chi connectivity index (χ2v) is 8.44. The number of hydrogen-bond acceptors (Lipinski definition) is 5. The summed E-state index contributed by atoms with van der Waals surface area (Å²) in [4.78, 5) is 25.3. The van der Waals surface area contributed by atoms with Gasteiger partial charge in [0.05, 0.1) is 12.0 Å². The van der Waals surface area contributed by atoms with Crippen LogP contribution in [0.5, 0.6) is 17.2 Å². The molecule has 3 aromatic carbocycles. The number of ether oxygens (including phenoxy) is 2. The first-order valence-corrected chi connectivity index (χ1v) is 10.6. The first-order valence-electron chi connectivity index (χ1n) is 10.6. The van der Waals surface area contributed by atoms with Gasteiger partial charge >= 0.3 is 5.97 Å². The zero-order chi connectivity index (χ0) is 22.4. The van der Waals surface area contributed by atoms with Crippen molar-refractivity contribution >= 4 is 17.8 Å². The van der Waals surface area contributed by atoms with Gasteiger partial charge < -0.3 is 14.6 Å². The van der Waals surface area contributed by atoms with Gasteiger partial charge in [0.15, 0.2) is 5.76 Å². The van der Waals surface area contributed by atoms with E-state index in [0.717, 1.165) is 11.1 Å². The summed E-state index contributed by atoms with van der Waals surface area (Å²) in [7, 11) is 0. The zero-order valence-corrected chi connectivity index (χ0v) is 17.8. The van der Waals surface area contributed by atoms with Gasteiger partial charge in [0.2, 0.25) is 5.78 Å². The molecule has 3 aromatic rings. The molecule has 1 unspecified atom stereocenters. The third kappa shape index (κ3) is 3.46. The van der Waals surface area contributed by atoms with Crippen molar-refractivity contribution in [3.63, 3.8) is 0 Å². The Labute approximate surface area is 185 Å². The van der Waals surface area contributed by atoms with Crippen molar-refractivity contribution in [3.05, 3.63) is 94.2 Å². The summed E-state index contributed by atoms with van der Waals surface area (Å²) in [5.41, 5.74) is 3.94. The molecular weight excluding hydrogens is 404 g/mol. The number of aromatic hydroxyl groups is 1. The molecule has 0 aliphatic carbocycles. The van der Waals surface area contributed by atoms with E-state index < -0.39 is 0 Å². The minimum absolute atomic E-state index is 0.0974. The van der Waals surface area contributed by atoms with E-state index in [9.17, 15) is 14.7 Å². The molecule has 0 saturated heterocycles. The first kappa shape index (κ1) is 20.1. The van der Waals surface area contributed by atoms with Crippen LogP contribution in [0.3, 0.4) is 0 Å². The molecule has 2 aliphatic heterocycles. The molecule has 0 radical (unpaired) electrons. The van der Waals surface area contributed by atoms with E-state index in [4.69, 9.17) is 9.47 Å². The Balaban J connectivity index is 1.56. The van der Waals surface area contributed by atoms with Crippen molar-refractivity contribution in [1.29, 1.82) is 0 Å². The van der Waals surface area contributed by atoms with Crippen LogP contribution in [0.15, 0.2) is 66.4 Å². The highest BCUT2D eigenvalue weighted by Crippen LogP contribution is 2.49. The molecule has 0 aromatic heterocycles. The number of carbonyl (C=O) groups is 2. The Bertz CT molecular complexity index is 1270. The lowest BCUT2D eigenvalue weighted by Crippen LogP contribution is -2.21. The monoisotopic (exact) mass is 426 g/mol. The van der Waals surface area contributed by atoms with Gasteiger partial charge in [0, 0.05) is 11.5 Å². The molecule has 0 fully saturated rings. The van der Waals surface area contributed by atoms with Crippen LogP contribution in [0.1, 0.15) is 64.7 Å². The Hall–Kier alpha value is -3.86. The smallest absolute Gasteiger partial charge is 0.312 e. The van der Waals surface area contributed by atoms with E-state index in [1.165, 1.54) is 5.56 Å². The fourth-order valence-electron chi connectivity index (χ4n) is 4.26. The number of hydrogen-bond donors (Lipinski definition) is 1. The Kier molecular flexibility index (Phi) is 4.82. The molecule has 0 spiro atoms. The Morgan fingerprint density at radius 2 is 1.78 bits per heavy atom. The number of phenolic OH excluding ortho intramolecular Hbond substituents is 1. The highest BCUT2D eigenvalue weighted by atomic mass is 16.5. The first-order chi connectivity index (χ1) is 15.4. The highest BCUT2D eigenvalue weighted by molar-refractivity contribution is 6.15. The summed E-state index contributed by atoms with van der Waals surface area (Å²) in [5, 5.41) is 9.94. The van der Waals surface area contributed by atoms with Crippen molar-refractivity contribution in [1.82, 2.24) is 0 Å². The Morgan fingerprint density at radius 1 is 1.00 bits per heavy atom. The number of carbonyl (C=O) groups excluding carboxylic acids is 2. The van der Waals surface area contributed by atoms with Crippen LogP contribution in [-0.4, -0.2) is 16.9 Å². The SMILES string of the molecule is CC(C)c1ccc(/C=C2\Oc3c(ccc4c3C(c3cccc(O)c3)CC(=O)O4)C2=O)cc1. The molecule has 160 valence electrons. The number of allylic oxidation sites excluding steroid dienone is 1. The molecule has 1 atom stereocenters. The summed E-state index contributed by atoms with van der Waals surface area (Å²) in [6.45, 7) is 4.26. The number of Topliss-reactive ketones (excluding diaryl/α,β-unsaturated/α-hetero) is 1. The molecule has 5 heteroatoms. The average molecular weight is 426 g/mol. The van der Waals surface area contributed by atoms with Gasteiger partial charge in [-0.05, 0) is 52.9 Å². The van der Waals surface area contributed by atoms with Crippen LogP contribution in [0.4, 0.5) is 0 Å². The number of fused-ring (bicyclic) bond motifs is 3. The van der Waals surface area contributed by atoms with Gasteiger partial charge in [-0.25, -0.2) is 0 Å². The quantitative estimate of drug-likeness (QED) is 0.337. The highest BCUT2D eigenvalue weighted by Gasteiger charge is 2.38. The predicted octanol–water partition coefficient (Wildman–Crippen LogP) is 5.57. The molecule has 1 N–H and O–H groups in total. The molecule has 0 bridgehead atoms. The summed E-state index contributed by atoms with van der Waals surface area (Å²) in [5.74, 6) is 0.607. The standard InChI is InChI=1S/C27H22O5/c1-15(2)17-8-6-16(7-9-17)12-23-26(30)20-10-11-22-25(27(20)32-23)21(14-24(29)31-22)18-4-3-5-19(28)13-18/h3-13,15,21,28H,14H2,1-2H3/b23-12-. The van der Waals surface area contributed by atoms with Crippen LogP contribution in [0.25, 0.3) is 6.08 Å². The van der Waals surface area contributed by atoms with E-state index in [2.05, 4.69) is 13.8 Å². The average Bonchev–Trinajstić information content (AvgIpc) is 3.08. The van der Waals surface area contributed by atoms with E-state index in [1.807, 2.05) is 30.3 Å². The summed E-state index contributed by atoms with van der Waals surface area (Å²) in [6, 6.07) is 18.1.